The number of aliphatic carboxylic acids is 1. The molecule has 0 aliphatic carbocycles. The molecule has 1 aromatic heterocycles. The molecule has 3 rings (SSSR count). The topological polar surface area (TPSA) is 99.6 Å². The highest BCUT2D eigenvalue weighted by atomic mass is 16.4. The number of rotatable bonds is 10. The number of carboxylic acid groups (broad SMARTS) is 1. The number of anilines is 1. The first-order chi connectivity index (χ1) is 15.0. The van der Waals surface area contributed by atoms with Gasteiger partial charge in [-0.1, -0.05) is 30.7 Å². The van der Waals surface area contributed by atoms with Crippen LogP contribution >= 0.6 is 0 Å². The molecule has 0 fully saturated rings. The number of benzene rings is 1. The first kappa shape index (κ1) is 22.2. The molecule has 1 aliphatic heterocycles. The van der Waals surface area contributed by atoms with Gasteiger partial charge in [-0.3, -0.25) is 19.4 Å². The van der Waals surface area contributed by atoms with E-state index in [9.17, 15) is 14.4 Å². The molecular weight excluding hydrogens is 394 g/mol. The summed E-state index contributed by atoms with van der Waals surface area (Å²) in [6.07, 6.45) is 9.33. The monoisotopic (exact) mass is 421 g/mol. The molecule has 2 N–H and O–H groups in total. The van der Waals surface area contributed by atoms with E-state index in [1.54, 1.807) is 23.4 Å². The van der Waals surface area contributed by atoms with E-state index in [0.29, 0.717) is 19.5 Å². The SMILES string of the molecule is O=C(O)CC1CN(C(=O)CCCCCNC(=O)/C=C/c2cccnc2)c2ccccc21. The van der Waals surface area contributed by atoms with Crippen LogP contribution in [0.1, 0.15) is 49.1 Å². The Morgan fingerprint density at radius 2 is 1.97 bits per heavy atom. The Labute approximate surface area is 181 Å². The summed E-state index contributed by atoms with van der Waals surface area (Å²) in [5.74, 6) is -1.15. The Kier molecular flexibility index (Phi) is 7.92. The summed E-state index contributed by atoms with van der Waals surface area (Å²) in [7, 11) is 0. The number of carbonyl (C=O) groups is 3. The molecular formula is C24H27N3O4. The molecule has 2 aromatic rings. The Morgan fingerprint density at radius 3 is 2.74 bits per heavy atom. The summed E-state index contributed by atoms with van der Waals surface area (Å²) in [4.78, 5) is 41.4. The largest absolute Gasteiger partial charge is 0.481 e. The molecule has 0 saturated carbocycles. The van der Waals surface area contributed by atoms with Crippen molar-refractivity contribution in [2.75, 3.05) is 18.0 Å². The quantitative estimate of drug-likeness (QED) is 0.453. The highest BCUT2D eigenvalue weighted by Gasteiger charge is 2.32. The summed E-state index contributed by atoms with van der Waals surface area (Å²) in [6.45, 7) is 0.974. The maximum atomic E-state index is 12.7. The fourth-order valence-corrected chi connectivity index (χ4v) is 3.75. The Bertz CT molecular complexity index is 943. The molecule has 0 saturated heterocycles. The van der Waals surface area contributed by atoms with Gasteiger partial charge in [-0.15, -0.1) is 0 Å². The van der Waals surface area contributed by atoms with E-state index in [0.717, 1.165) is 36.1 Å². The van der Waals surface area contributed by atoms with Crippen LogP contribution in [0.5, 0.6) is 0 Å². The van der Waals surface area contributed by atoms with E-state index in [4.69, 9.17) is 5.11 Å². The van der Waals surface area contributed by atoms with Crippen molar-refractivity contribution in [3.05, 3.63) is 66.0 Å². The van der Waals surface area contributed by atoms with Crippen LogP contribution in [0, 0.1) is 0 Å². The number of hydrogen-bond donors (Lipinski definition) is 2. The number of para-hydroxylation sites is 1. The number of carboxylic acids is 1. The third-order valence-corrected chi connectivity index (χ3v) is 5.27. The van der Waals surface area contributed by atoms with Crippen molar-refractivity contribution in [3.8, 4) is 0 Å². The van der Waals surface area contributed by atoms with Gasteiger partial charge in [-0.2, -0.15) is 0 Å². The van der Waals surface area contributed by atoms with E-state index >= 15 is 0 Å². The zero-order valence-corrected chi connectivity index (χ0v) is 17.4. The molecule has 0 radical (unpaired) electrons. The summed E-state index contributed by atoms with van der Waals surface area (Å²) in [5, 5.41) is 12.0. The standard InChI is InChI=1S/C24H27N3O4/c28-22(12-11-18-7-6-13-25-16-18)26-14-5-1-2-10-23(29)27-17-19(15-24(30)31)20-8-3-4-9-21(20)27/h3-4,6-9,11-13,16,19H,1-2,5,10,14-15,17H2,(H,26,28)(H,30,31)/b12-11+. The smallest absolute Gasteiger partial charge is 0.304 e. The number of unbranched alkanes of at least 4 members (excludes halogenated alkanes) is 2. The van der Waals surface area contributed by atoms with E-state index in [2.05, 4.69) is 10.3 Å². The number of nitrogens with zero attached hydrogens (tertiary/aromatic N) is 2. The van der Waals surface area contributed by atoms with Gasteiger partial charge in [0.2, 0.25) is 11.8 Å². The fourth-order valence-electron chi connectivity index (χ4n) is 3.75. The van der Waals surface area contributed by atoms with Crippen molar-refractivity contribution in [2.45, 2.75) is 38.0 Å². The Morgan fingerprint density at radius 1 is 1.13 bits per heavy atom. The second-order valence-corrected chi connectivity index (χ2v) is 7.58. The van der Waals surface area contributed by atoms with E-state index in [1.807, 2.05) is 36.4 Å². The summed E-state index contributed by atoms with van der Waals surface area (Å²) >= 11 is 0. The average molecular weight is 421 g/mol. The molecule has 162 valence electrons. The van der Waals surface area contributed by atoms with Crippen LogP contribution in [0.25, 0.3) is 6.08 Å². The number of amides is 2. The van der Waals surface area contributed by atoms with Gasteiger partial charge in [0.15, 0.2) is 0 Å². The first-order valence-electron chi connectivity index (χ1n) is 10.5. The molecule has 2 heterocycles. The fraction of sp³-hybridized carbons (Fsp3) is 0.333. The molecule has 2 amide bonds. The third-order valence-electron chi connectivity index (χ3n) is 5.27. The van der Waals surface area contributed by atoms with Crippen LogP contribution in [0.15, 0.2) is 54.9 Å². The number of nitrogens with one attached hydrogen (secondary N) is 1. The molecule has 1 atom stereocenters. The molecule has 1 aliphatic rings. The van der Waals surface area contributed by atoms with Crippen molar-refractivity contribution < 1.29 is 19.5 Å². The summed E-state index contributed by atoms with van der Waals surface area (Å²) in [6, 6.07) is 11.2. The van der Waals surface area contributed by atoms with Crippen LogP contribution in [0.3, 0.4) is 0 Å². The minimum atomic E-state index is -0.855. The number of hydrogen-bond acceptors (Lipinski definition) is 4. The normalized spacial score (nSPS) is 15.1. The van der Waals surface area contributed by atoms with Crippen LogP contribution in [0.2, 0.25) is 0 Å². The van der Waals surface area contributed by atoms with Crippen molar-refractivity contribution in [1.29, 1.82) is 0 Å². The van der Waals surface area contributed by atoms with Gasteiger partial charge >= 0.3 is 5.97 Å². The lowest BCUT2D eigenvalue weighted by Gasteiger charge is -2.17. The second-order valence-electron chi connectivity index (χ2n) is 7.58. The van der Waals surface area contributed by atoms with Gasteiger partial charge in [-0.25, -0.2) is 0 Å². The van der Waals surface area contributed by atoms with Gasteiger partial charge < -0.3 is 15.3 Å². The predicted octanol–water partition coefficient (Wildman–Crippen LogP) is 3.38. The Hall–Kier alpha value is -3.48. The predicted molar refractivity (Wildman–Crippen MR) is 119 cm³/mol. The van der Waals surface area contributed by atoms with Gasteiger partial charge in [0, 0.05) is 49.6 Å². The zero-order chi connectivity index (χ0) is 22.1. The lowest BCUT2D eigenvalue weighted by molar-refractivity contribution is -0.137. The summed E-state index contributed by atoms with van der Waals surface area (Å²) in [5.41, 5.74) is 2.62. The second kappa shape index (κ2) is 11.1. The minimum absolute atomic E-state index is 0.0174. The number of carbonyl (C=O) groups excluding carboxylic acids is 2. The zero-order valence-electron chi connectivity index (χ0n) is 17.4. The lowest BCUT2D eigenvalue weighted by atomic mass is 9.98. The van der Waals surface area contributed by atoms with E-state index in [-0.39, 0.29) is 24.2 Å². The maximum Gasteiger partial charge on any atom is 0.304 e. The van der Waals surface area contributed by atoms with Gasteiger partial charge in [0.1, 0.15) is 0 Å². The van der Waals surface area contributed by atoms with E-state index in [1.165, 1.54) is 6.08 Å². The van der Waals surface area contributed by atoms with Crippen molar-refractivity contribution in [1.82, 2.24) is 10.3 Å². The molecule has 7 heteroatoms. The first-order valence-corrected chi connectivity index (χ1v) is 10.5. The maximum absolute atomic E-state index is 12.7. The summed E-state index contributed by atoms with van der Waals surface area (Å²) < 4.78 is 0. The minimum Gasteiger partial charge on any atom is -0.481 e. The van der Waals surface area contributed by atoms with Crippen molar-refractivity contribution in [3.63, 3.8) is 0 Å². The molecule has 7 nitrogen and oxygen atoms in total. The van der Waals surface area contributed by atoms with E-state index < -0.39 is 5.97 Å². The Balaban J connectivity index is 1.36. The van der Waals surface area contributed by atoms with Crippen LogP contribution in [-0.4, -0.2) is 41.0 Å². The molecule has 1 unspecified atom stereocenters. The lowest BCUT2D eigenvalue weighted by Crippen LogP contribution is -2.30. The molecule has 0 bridgehead atoms. The molecule has 31 heavy (non-hydrogen) atoms. The number of pyridine rings is 1. The van der Waals surface area contributed by atoms with Gasteiger partial charge in [0.25, 0.3) is 0 Å². The molecule has 1 aromatic carbocycles. The van der Waals surface area contributed by atoms with Crippen LogP contribution in [0.4, 0.5) is 5.69 Å². The van der Waals surface area contributed by atoms with Gasteiger partial charge in [0.05, 0.1) is 6.42 Å². The number of fused-ring (bicyclic) bond motifs is 1. The van der Waals surface area contributed by atoms with Crippen molar-refractivity contribution in [2.24, 2.45) is 0 Å². The van der Waals surface area contributed by atoms with Crippen LogP contribution < -0.4 is 10.2 Å². The van der Waals surface area contributed by atoms with Crippen molar-refractivity contribution >= 4 is 29.5 Å². The van der Waals surface area contributed by atoms with Crippen LogP contribution in [-0.2, 0) is 14.4 Å². The average Bonchev–Trinajstić information content (AvgIpc) is 3.13. The molecule has 0 spiro atoms. The third kappa shape index (κ3) is 6.50. The number of aromatic nitrogens is 1. The highest BCUT2D eigenvalue weighted by Crippen LogP contribution is 2.38. The van der Waals surface area contributed by atoms with Gasteiger partial charge in [-0.05, 0) is 42.2 Å². The highest BCUT2D eigenvalue weighted by molar-refractivity contribution is 5.96.